The number of carbonyl (C=O) groups excluding carboxylic acids is 1. The van der Waals surface area contributed by atoms with Crippen LogP contribution in [0.15, 0.2) is 24.3 Å². The second-order valence-corrected chi connectivity index (χ2v) is 6.35. The van der Waals surface area contributed by atoms with Gasteiger partial charge in [0.15, 0.2) is 0 Å². The Morgan fingerprint density at radius 2 is 1.72 bits per heavy atom. The van der Waals surface area contributed by atoms with E-state index in [0.717, 1.165) is 0 Å². The maximum atomic E-state index is 13.1. The number of aromatic nitrogens is 2. The predicted molar refractivity (Wildman–Crippen MR) is 88.2 cm³/mol. The minimum absolute atomic E-state index is 0.0585. The molecule has 8 heteroatoms. The molecule has 0 saturated carbocycles. The summed E-state index contributed by atoms with van der Waals surface area (Å²) >= 11 is 0. The van der Waals surface area contributed by atoms with Crippen LogP contribution in [0.2, 0.25) is 0 Å². The van der Waals surface area contributed by atoms with E-state index in [4.69, 9.17) is 0 Å². The largest absolute Gasteiger partial charge is 0.451 e. The molecule has 134 valence electrons. The molecule has 25 heavy (non-hydrogen) atoms. The molecule has 3 rings (SSSR count). The lowest BCUT2D eigenvalue weighted by Gasteiger charge is -2.36. The topological polar surface area (TPSA) is 49.3 Å². The van der Waals surface area contributed by atoms with Crippen molar-refractivity contribution < 1.29 is 18.0 Å². The Morgan fingerprint density at radius 1 is 1.08 bits per heavy atom. The second kappa shape index (κ2) is 6.50. The summed E-state index contributed by atoms with van der Waals surface area (Å²) in [5.41, 5.74) is 0.264. The number of alkyl halides is 3. The van der Waals surface area contributed by atoms with Gasteiger partial charge in [-0.2, -0.15) is 13.2 Å². The zero-order chi connectivity index (χ0) is 18.2. The highest BCUT2D eigenvalue weighted by atomic mass is 19.4. The summed E-state index contributed by atoms with van der Waals surface area (Å²) in [7, 11) is 0. The monoisotopic (exact) mass is 352 g/mol. The zero-order valence-corrected chi connectivity index (χ0v) is 14.0. The van der Waals surface area contributed by atoms with Crippen molar-refractivity contribution in [3.63, 3.8) is 0 Å². The fourth-order valence-electron chi connectivity index (χ4n) is 2.93. The van der Waals surface area contributed by atoms with Gasteiger partial charge >= 0.3 is 6.18 Å². The van der Waals surface area contributed by atoms with E-state index < -0.39 is 12.0 Å². The Morgan fingerprint density at radius 3 is 2.32 bits per heavy atom. The van der Waals surface area contributed by atoms with Crippen molar-refractivity contribution in [3.8, 4) is 0 Å². The van der Waals surface area contributed by atoms with Crippen molar-refractivity contribution in [1.29, 1.82) is 0 Å². The minimum atomic E-state index is -4.60. The summed E-state index contributed by atoms with van der Waals surface area (Å²) in [4.78, 5) is 23.0. The van der Waals surface area contributed by atoms with Crippen molar-refractivity contribution >= 4 is 22.6 Å². The molecule has 1 saturated heterocycles. The first kappa shape index (κ1) is 17.4. The van der Waals surface area contributed by atoms with Gasteiger partial charge in [0.2, 0.25) is 11.7 Å². The number of halogens is 3. The van der Waals surface area contributed by atoms with Crippen LogP contribution < -0.4 is 4.90 Å². The van der Waals surface area contributed by atoms with E-state index in [9.17, 15) is 18.0 Å². The van der Waals surface area contributed by atoms with Gasteiger partial charge in [-0.25, -0.2) is 9.97 Å². The Bertz CT molecular complexity index is 783. The second-order valence-electron chi connectivity index (χ2n) is 6.35. The number of para-hydroxylation sites is 1. The SMILES string of the molecule is CC(C)C(=O)N1CCN(c2nc(C(F)(F)F)nc3ccccc23)CC1. The van der Waals surface area contributed by atoms with Gasteiger partial charge in [-0.15, -0.1) is 0 Å². The molecule has 0 radical (unpaired) electrons. The quantitative estimate of drug-likeness (QED) is 0.834. The van der Waals surface area contributed by atoms with Crippen molar-refractivity contribution in [2.45, 2.75) is 20.0 Å². The molecule has 1 aromatic heterocycles. The first-order valence-electron chi connectivity index (χ1n) is 8.15. The lowest BCUT2D eigenvalue weighted by molar-refractivity contribution is -0.144. The lowest BCUT2D eigenvalue weighted by atomic mass is 10.1. The van der Waals surface area contributed by atoms with Crippen LogP contribution in [0, 0.1) is 5.92 Å². The normalized spacial score (nSPS) is 15.9. The molecule has 0 unspecified atom stereocenters. The van der Waals surface area contributed by atoms with Gasteiger partial charge in [-0.1, -0.05) is 26.0 Å². The number of fused-ring (bicyclic) bond motifs is 1. The van der Waals surface area contributed by atoms with Crippen molar-refractivity contribution in [1.82, 2.24) is 14.9 Å². The van der Waals surface area contributed by atoms with Gasteiger partial charge in [0.1, 0.15) is 5.82 Å². The van der Waals surface area contributed by atoms with Crippen LogP contribution in [0.3, 0.4) is 0 Å². The Hall–Kier alpha value is -2.38. The fourth-order valence-corrected chi connectivity index (χ4v) is 2.93. The molecule has 1 fully saturated rings. The Kier molecular flexibility index (Phi) is 4.53. The molecule has 5 nitrogen and oxygen atoms in total. The third-order valence-electron chi connectivity index (χ3n) is 4.22. The first-order valence-corrected chi connectivity index (χ1v) is 8.15. The fraction of sp³-hybridized carbons (Fsp3) is 0.471. The van der Waals surface area contributed by atoms with Crippen LogP contribution in [-0.2, 0) is 11.0 Å². The van der Waals surface area contributed by atoms with E-state index >= 15 is 0 Å². The highest BCUT2D eigenvalue weighted by molar-refractivity contribution is 5.89. The van der Waals surface area contributed by atoms with Gasteiger partial charge in [0.05, 0.1) is 5.52 Å². The molecule has 2 heterocycles. The van der Waals surface area contributed by atoms with Crippen LogP contribution in [0.1, 0.15) is 19.7 Å². The van der Waals surface area contributed by atoms with E-state index in [-0.39, 0.29) is 23.2 Å². The molecule has 1 aliphatic rings. The van der Waals surface area contributed by atoms with Crippen LogP contribution in [0.5, 0.6) is 0 Å². The number of anilines is 1. The molecule has 1 amide bonds. The maximum absolute atomic E-state index is 13.1. The van der Waals surface area contributed by atoms with Crippen molar-refractivity contribution in [2.24, 2.45) is 5.92 Å². The third kappa shape index (κ3) is 3.52. The average molecular weight is 352 g/mol. The number of piperazine rings is 1. The smallest absolute Gasteiger partial charge is 0.352 e. The van der Waals surface area contributed by atoms with Crippen LogP contribution >= 0.6 is 0 Å². The number of benzene rings is 1. The molecule has 2 aromatic rings. The Balaban J connectivity index is 1.92. The summed E-state index contributed by atoms with van der Waals surface area (Å²) < 4.78 is 39.4. The molecule has 0 aliphatic carbocycles. The number of carbonyl (C=O) groups is 1. The summed E-state index contributed by atoms with van der Waals surface area (Å²) in [6.45, 7) is 5.49. The lowest BCUT2D eigenvalue weighted by Crippen LogP contribution is -2.50. The van der Waals surface area contributed by atoms with Gasteiger partial charge < -0.3 is 9.80 Å². The van der Waals surface area contributed by atoms with Crippen LogP contribution in [0.4, 0.5) is 19.0 Å². The molecule has 1 aromatic carbocycles. The van der Waals surface area contributed by atoms with E-state index in [1.165, 1.54) is 0 Å². The zero-order valence-electron chi connectivity index (χ0n) is 14.0. The number of nitrogens with zero attached hydrogens (tertiary/aromatic N) is 4. The molecule has 1 aliphatic heterocycles. The molecular weight excluding hydrogens is 333 g/mol. The highest BCUT2D eigenvalue weighted by Crippen LogP contribution is 2.32. The van der Waals surface area contributed by atoms with Crippen molar-refractivity contribution in [2.75, 3.05) is 31.1 Å². The number of hydrogen-bond acceptors (Lipinski definition) is 4. The molecule has 0 bridgehead atoms. The van der Waals surface area contributed by atoms with Gasteiger partial charge in [-0.3, -0.25) is 4.79 Å². The Labute approximate surface area is 143 Å². The number of rotatable bonds is 2. The van der Waals surface area contributed by atoms with Crippen LogP contribution in [-0.4, -0.2) is 47.0 Å². The summed E-state index contributed by atoms with van der Waals surface area (Å²) in [6, 6.07) is 6.67. The first-order chi connectivity index (χ1) is 11.8. The molecular formula is C17H19F3N4O. The van der Waals surface area contributed by atoms with E-state index in [1.807, 2.05) is 13.8 Å². The number of amides is 1. The highest BCUT2D eigenvalue weighted by Gasteiger charge is 2.36. The van der Waals surface area contributed by atoms with Gasteiger partial charge in [0.25, 0.3) is 0 Å². The minimum Gasteiger partial charge on any atom is -0.352 e. The predicted octanol–water partition coefficient (Wildman–Crippen LogP) is 2.95. The van der Waals surface area contributed by atoms with Gasteiger partial charge in [-0.05, 0) is 12.1 Å². The number of hydrogen-bond donors (Lipinski definition) is 0. The standard InChI is InChI=1S/C17H19F3N4O/c1-11(2)15(25)24-9-7-23(8-10-24)14-12-5-3-4-6-13(12)21-16(22-14)17(18,19)20/h3-6,11H,7-10H2,1-2H3. The van der Waals surface area contributed by atoms with E-state index in [2.05, 4.69) is 9.97 Å². The van der Waals surface area contributed by atoms with Crippen molar-refractivity contribution in [3.05, 3.63) is 30.1 Å². The van der Waals surface area contributed by atoms with Gasteiger partial charge in [0, 0.05) is 37.5 Å². The summed E-state index contributed by atoms with van der Waals surface area (Å²) in [5.74, 6) is -0.900. The third-order valence-corrected chi connectivity index (χ3v) is 4.22. The average Bonchev–Trinajstić information content (AvgIpc) is 2.59. The molecule has 0 atom stereocenters. The molecule has 0 N–H and O–H groups in total. The maximum Gasteiger partial charge on any atom is 0.451 e. The van der Waals surface area contributed by atoms with E-state index in [0.29, 0.717) is 31.6 Å². The van der Waals surface area contributed by atoms with Crippen LogP contribution in [0.25, 0.3) is 10.9 Å². The summed E-state index contributed by atoms with van der Waals surface area (Å²) in [6.07, 6.45) is -4.60. The molecule has 0 spiro atoms. The summed E-state index contributed by atoms with van der Waals surface area (Å²) in [5, 5.41) is 0.583. The van der Waals surface area contributed by atoms with E-state index in [1.54, 1.807) is 34.1 Å².